The number of halogens is 2. The van der Waals surface area contributed by atoms with Crippen LogP contribution >= 0.6 is 28.1 Å². The van der Waals surface area contributed by atoms with Crippen LogP contribution in [-0.2, 0) is 0 Å². The second-order valence-electron chi connectivity index (χ2n) is 4.16. The Bertz CT molecular complexity index is 607. The average Bonchev–Trinajstić information content (AvgIpc) is 2.42. The fraction of sp³-hybridized carbons (Fsp3) is 0.143. The molecule has 1 heterocycles. The van der Waals surface area contributed by atoms with Crippen molar-refractivity contribution < 1.29 is 4.39 Å². The van der Waals surface area contributed by atoms with Crippen LogP contribution < -0.4 is 10.6 Å². The van der Waals surface area contributed by atoms with Gasteiger partial charge >= 0.3 is 0 Å². The molecular weight excluding hydrogens is 341 g/mol. The Morgan fingerprint density at radius 3 is 2.65 bits per heavy atom. The van der Waals surface area contributed by atoms with Crippen LogP contribution in [0.15, 0.2) is 47.1 Å². The summed E-state index contributed by atoms with van der Waals surface area (Å²) in [7, 11) is 0. The predicted molar refractivity (Wildman–Crippen MR) is 86.7 cm³/mol. The summed E-state index contributed by atoms with van der Waals surface area (Å²) in [5.74, 6) is -0.137. The molecule has 0 spiro atoms. The Balaban J connectivity index is 2.37. The highest BCUT2D eigenvalue weighted by Crippen LogP contribution is 2.27. The molecule has 6 heteroatoms. The minimum absolute atomic E-state index is 0.260. The molecule has 0 saturated carbocycles. The van der Waals surface area contributed by atoms with Crippen molar-refractivity contribution in [1.82, 2.24) is 4.98 Å². The van der Waals surface area contributed by atoms with Crippen LogP contribution in [0, 0.1) is 5.82 Å². The van der Waals surface area contributed by atoms with Crippen LogP contribution in [0.5, 0.6) is 0 Å². The van der Waals surface area contributed by atoms with Crippen molar-refractivity contribution in [1.29, 1.82) is 0 Å². The van der Waals surface area contributed by atoms with Crippen LogP contribution in [0.4, 0.5) is 15.9 Å². The van der Waals surface area contributed by atoms with E-state index in [2.05, 4.69) is 20.9 Å². The van der Waals surface area contributed by atoms with E-state index in [-0.39, 0.29) is 5.82 Å². The second-order valence-corrected chi connectivity index (χ2v) is 5.60. The molecule has 0 aliphatic carbocycles. The van der Waals surface area contributed by atoms with Gasteiger partial charge in [0.25, 0.3) is 0 Å². The van der Waals surface area contributed by atoms with Crippen LogP contribution in [0.2, 0.25) is 0 Å². The van der Waals surface area contributed by atoms with E-state index >= 15 is 0 Å². The molecule has 0 radical (unpaired) electrons. The molecule has 104 valence electrons. The standard InChI is InChI=1S/C14H13BrFN3S/c15-10-8-12(16)14(18-9-10)19(7-6-13(17)20)11-4-2-1-3-5-11/h1-5,8-9H,6-7H2,(H2,17,20). The third-order valence-corrected chi connectivity index (χ3v) is 3.33. The van der Waals surface area contributed by atoms with E-state index in [1.54, 1.807) is 11.1 Å². The number of benzene rings is 1. The smallest absolute Gasteiger partial charge is 0.169 e. The molecule has 0 aliphatic heterocycles. The molecule has 20 heavy (non-hydrogen) atoms. The molecule has 2 rings (SSSR count). The molecular formula is C14H13BrFN3S. The number of thiocarbonyl (C=S) groups is 1. The number of rotatable bonds is 5. The van der Waals surface area contributed by atoms with E-state index in [0.717, 1.165) is 5.69 Å². The number of nitrogens with two attached hydrogens (primary N) is 1. The van der Waals surface area contributed by atoms with E-state index in [1.807, 2.05) is 30.3 Å². The van der Waals surface area contributed by atoms with Crippen molar-refractivity contribution in [3.8, 4) is 0 Å². The molecule has 2 N–H and O–H groups in total. The Kier molecular flexibility index (Phi) is 5.03. The minimum atomic E-state index is -0.397. The molecule has 1 aromatic carbocycles. The summed E-state index contributed by atoms with van der Waals surface area (Å²) in [6.45, 7) is 0.477. The lowest BCUT2D eigenvalue weighted by atomic mass is 10.2. The van der Waals surface area contributed by atoms with Gasteiger partial charge in [-0.25, -0.2) is 9.37 Å². The zero-order chi connectivity index (χ0) is 14.5. The summed E-state index contributed by atoms with van der Waals surface area (Å²) in [4.78, 5) is 6.31. The highest BCUT2D eigenvalue weighted by molar-refractivity contribution is 9.10. The lowest BCUT2D eigenvalue weighted by molar-refractivity contribution is 0.617. The highest BCUT2D eigenvalue weighted by Gasteiger charge is 2.15. The number of pyridine rings is 1. The topological polar surface area (TPSA) is 42.1 Å². The Labute approximate surface area is 130 Å². The van der Waals surface area contributed by atoms with Gasteiger partial charge in [0, 0.05) is 29.3 Å². The van der Waals surface area contributed by atoms with E-state index in [0.29, 0.717) is 22.4 Å². The molecule has 0 saturated heterocycles. The van der Waals surface area contributed by atoms with Crippen molar-refractivity contribution in [3.05, 3.63) is 52.9 Å². The van der Waals surface area contributed by atoms with Gasteiger partial charge in [-0.1, -0.05) is 30.4 Å². The fourth-order valence-electron chi connectivity index (χ4n) is 1.79. The SMILES string of the molecule is NC(=S)CCN(c1ccccc1)c1ncc(Br)cc1F. The summed E-state index contributed by atoms with van der Waals surface area (Å²) in [6.07, 6.45) is 2.05. The molecule has 0 fully saturated rings. The summed E-state index contributed by atoms with van der Waals surface area (Å²) < 4.78 is 14.7. The van der Waals surface area contributed by atoms with Gasteiger partial charge < -0.3 is 10.6 Å². The molecule has 0 bridgehead atoms. The second kappa shape index (κ2) is 6.76. The number of nitrogens with zero attached hydrogens (tertiary/aromatic N) is 2. The Morgan fingerprint density at radius 2 is 2.05 bits per heavy atom. The van der Waals surface area contributed by atoms with Gasteiger partial charge in [0.15, 0.2) is 11.6 Å². The van der Waals surface area contributed by atoms with Gasteiger partial charge in [0.2, 0.25) is 0 Å². The van der Waals surface area contributed by atoms with Gasteiger partial charge in [-0.3, -0.25) is 0 Å². The van der Waals surface area contributed by atoms with E-state index < -0.39 is 5.82 Å². The zero-order valence-corrected chi connectivity index (χ0v) is 13.0. The van der Waals surface area contributed by atoms with Gasteiger partial charge in [-0.2, -0.15) is 0 Å². The Hall–Kier alpha value is -1.53. The van der Waals surface area contributed by atoms with Gasteiger partial charge in [-0.15, -0.1) is 0 Å². The number of hydrogen-bond acceptors (Lipinski definition) is 3. The maximum absolute atomic E-state index is 14.1. The maximum Gasteiger partial charge on any atom is 0.169 e. The number of anilines is 2. The highest BCUT2D eigenvalue weighted by atomic mass is 79.9. The first-order chi connectivity index (χ1) is 9.58. The summed E-state index contributed by atoms with van der Waals surface area (Å²) in [5.41, 5.74) is 6.39. The molecule has 0 amide bonds. The van der Waals surface area contributed by atoms with Crippen molar-refractivity contribution in [2.24, 2.45) is 5.73 Å². The maximum atomic E-state index is 14.1. The van der Waals surface area contributed by atoms with Crippen molar-refractivity contribution in [3.63, 3.8) is 0 Å². The first-order valence-corrected chi connectivity index (χ1v) is 7.20. The number of hydrogen-bond donors (Lipinski definition) is 1. The quantitative estimate of drug-likeness (QED) is 0.830. The summed E-state index contributed by atoms with van der Waals surface area (Å²) >= 11 is 8.10. The third kappa shape index (κ3) is 3.74. The van der Waals surface area contributed by atoms with E-state index in [4.69, 9.17) is 18.0 Å². The molecule has 0 aliphatic rings. The van der Waals surface area contributed by atoms with Crippen molar-refractivity contribution >= 4 is 44.6 Å². The first kappa shape index (κ1) is 14.9. The molecule has 2 aromatic rings. The fourth-order valence-corrected chi connectivity index (χ4v) is 2.19. The zero-order valence-electron chi connectivity index (χ0n) is 10.6. The lowest BCUT2D eigenvalue weighted by Crippen LogP contribution is -2.24. The molecule has 3 nitrogen and oxygen atoms in total. The Morgan fingerprint density at radius 1 is 1.35 bits per heavy atom. The van der Waals surface area contributed by atoms with Crippen LogP contribution in [0.1, 0.15) is 6.42 Å². The van der Waals surface area contributed by atoms with Crippen LogP contribution in [0.3, 0.4) is 0 Å². The lowest BCUT2D eigenvalue weighted by Gasteiger charge is -2.24. The molecule has 0 unspecified atom stereocenters. The van der Waals surface area contributed by atoms with Crippen LogP contribution in [0.25, 0.3) is 0 Å². The first-order valence-electron chi connectivity index (χ1n) is 6.00. The molecule has 0 atom stereocenters. The summed E-state index contributed by atoms with van der Waals surface area (Å²) in [6, 6.07) is 10.9. The number of para-hydroxylation sites is 1. The van der Waals surface area contributed by atoms with E-state index in [9.17, 15) is 4.39 Å². The summed E-state index contributed by atoms with van der Waals surface area (Å²) in [5, 5.41) is 0. The van der Waals surface area contributed by atoms with Crippen LogP contribution in [-0.4, -0.2) is 16.5 Å². The van der Waals surface area contributed by atoms with Crippen molar-refractivity contribution in [2.75, 3.05) is 11.4 Å². The van der Waals surface area contributed by atoms with Gasteiger partial charge in [0.1, 0.15) is 0 Å². The predicted octanol–water partition coefficient (Wildman–Crippen LogP) is 3.80. The largest absolute Gasteiger partial charge is 0.393 e. The molecule has 1 aromatic heterocycles. The normalized spacial score (nSPS) is 10.3. The monoisotopic (exact) mass is 353 g/mol. The van der Waals surface area contributed by atoms with Gasteiger partial charge in [0.05, 0.1) is 4.99 Å². The number of aromatic nitrogens is 1. The van der Waals surface area contributed by atoms with Gasteiger partial charge in [-0.05, 0) is 34.1 Å². The van der Waals surface area contributed by atoms with E-state index in [1.165, 1.54) is 6.07 Å². The average molecular weight is 354 g/mol. The van der Waals surface area contributed by atoms with Crippen molar-refractivity contribution in [2.45, 2.75) is 6.42 Å². The third-order valence-electron chi connectivity index (χ3n) is 2.69. The minimum Gasteiger partial charge on any atom is -0.393 e.